The minimum absolute atomic E-state index is 0.0272. The number of tetrazole rings is 1. The van der Waals surface area contributed by atoms with Crippen LogP contribution in [-0.4, -0.2) is 77.2 Å². The monoisotopic (exact) mass is 305 g/mol. The minimum Gasteiger partial charge on any atom is -0.390 e. The number of aliphatic hydroxyl groups excluding tert-OH is 1. The summed E-state index contributed by atoms with van der Waals surface area (Å²) >= 11 is 1.42. The van der Waals surface area contributed by atoms with E-state index < -0.39 is 6.10 Å². The standard InChI is InChI=1S/C11H23N5O3S/c1-9(6-18-3)19-7-10(17)8-20-11-13-14-15-16(11)5-4-12-2/h9-10,12,17H,4-8H2,1-3H3. The fraction of sp³-hybridized carbons (Fsp3) is 0.909. The Kier molecular flexibility index (Phi) is 8.70. The van der Waals surface area contributed by atoms with Gasteiger partial charge in [-0.2, -0.15) is 0 Å². The summed E-state index contributed by atoms with van der Waals surface area (Å²) in [6.45, 7) is 4.18. The summed E-state index contributed by atoms with van der Waals surface area (Å²) in [4.78, 5) is 0. The van der Waals surface area contributed by atoms with Crippen LogP contribution in [0.4, 0.5) is 0 Å². The average Bonchev–Trinajstić information content (AvgIpc) is 2.88. The molecule has 0 aliphatic rings. The van der Waals surface area contributed by atoms with Crippen LogP contribution in [-0.2, 0) is 16.0 Å². The Morgan fingerprint density at radius 1 is 1.45 bits per heavy atom. The molecule has 0 saturated carbocycles. The van der Waals surface area contributed by atoms with Gasteiger partial charge in [-0.25, -0.2) is 4.68 Å². The molecule has 20 heavy (non-hydrogen) atoms. The first-order valence-electron chi connectivity index (χ1n) is 6.49. The van der Waals surface area contributed by atoms with Gasteiger partial charge in [-0.1, -0.05) is 11.8 Å². The van der Waals surface area contributed by atoms with Gasteiger partial charge in [-0.15, -0.1) is 5.10 Å². The van der Waals surface area contributed by atoms with Crippen molar-refractivity contribution in [2.45, 2.75) is 30.8 Å². The highest BCUT2D eigenvalue weighted by molar-refractivity contribution is 7.99. The maximum atomic E-state index is 9.86. The van der Waals surface area contributed by atoms with Crippen LogP contribution in [0.2, 0.25) is 0 Å². The molecule has 1 rings (SSSR count). The van der Waals surface area contributed by atoms with Gasteiger partial charge in [0.05, 0.1) is 32.0 Å². The van der Waals surface area contributed by atoms with Gasteiger partial charge >= 0.3 is 0 Å². The molecule has 1 heterocycles. The van der Waals surface area contributed by atoms with Crippen LogP contribution in [0.5, 0.6) is 0 Å². The molecule has 0 aliphatic heterocycles. The van der Waals surface area contributed by atoms with Crippen LogP contribution in [0.3, 0.4) is 0 Å². The molecule has 9 heteroatoms. The molecule has 0 aromatic carbocycles. The predicted molar refractivity (Wildman–Crippen MR) is 75.8 cm³/mol. The first-order chi connectivity index (χ1) is 9.67. The van der Waals surface area contributed by atoms with E-state index in [0.717, 1.165) is 6.54 Å². The molecule has 0 saturated heterocycles. The number of aliphatic hydroxyl groups is 1. The average molecular weight is 305 g/mol. The number of hydrogen-bond donors (Lipinski definition) is 2. The van der Waals surface area contributed by atoms with E-state index in [1.807, 2.05) is 14.0 Å². The molecule has 2 unspecified atom stereocenters. The van der Waals surface area contributed by atoms with Crippen molar-refractivity contribution in [2.24, 2.45) is 0 Å². The Hall–Kier alpha value is -0.740. The molecular formula is C11H23N5O3S. The number of methoxy groups -OCH3 is 1. The highest BCUT2D eigenvalue weighted by Gasteiger charge is 2.12. The molecule has 0 spiro atoms. The summed E-state index contributed by atoms with van der Waals surface area (Å²) in [5.41, 5.74) is 0. The lowest BCUT2D eigenvalue weighted by molar-refractivity contribution is -0.0257. The molecule has 2 N–H and O–H groups in total. The molecule has 0 amide bonds. The second-order valence-corrected chi connectivity index (χ2v) is 5.34. The van der Waals surface area contributed by atoms with Gasteiger partial charge < -0.3 is 19.9 Å². The Bertz CT molecular complexity index is 366. The number of thioether (sulfide) groups is 1. The molecule has 0 radical (unpaired) electrons. The summed E-state index contributed by atoms with van der Waals surface area (Å²) in [5.74, 6) is 0.486. The Labute approximate surface area is 123 Å². The van der Waals surface area contributed by atoms with Crippen LogP contribution in [0.1, 0.15) is 6.92 Å². The second-order valence-electron chi connectivity index (χ2n) is 4.35. The van der Waals surface area contributed by atoms with Crippen molar-refractivity contribution in [3.63, 3.8) is 0 Å². The molecule has 116 valence electrons. The Morgan fingerprint density at radius 3 is 2.95 bits per heavy atom. The summed E-state index contributed by atoms with van der Waals surface area (Å²) < 4.78 is 12.1. The zero-order chi connectivity index (χ0) is 14.8. The van der Waals surface area contributed by atoms with Crippen molar-refractivity contribution < 1.29 is 14.6 Å². The van der Waals surface area contributed by atoms with E-state index >= 15 is 0 Å². The number of likely N-dealkylation sites (N-methyl/N-ethyl adjacent to an activating group) is 1. The van der Waals surface area contributed by atoms with E-state index in [0.29, 0.717) is 24.1 Å². The summed E-state index contributed by atoms with van der Waals surface area (Å²) in [6.07, 6.45) is -0.589. The van der Waals surface area contributed by atoms with Gasteiger partial charge in [-0.05, 0) is 24.4 Å². The maximum absolute atomic E-state index is 9.86. The van der Waals surface area contributed by atoms with Gasteiger partial charge in [0.15, 0.2) is 0 Å². The summed E-state index contributed by atoms with van der Waals surface area (Å²) in [7, 11) is 3.50. The molecule has 0 aliphatic carbocycles. The van der Waals surface area contributed by atoms with E-state index in [-0.39, 0.29) is 12.7 Å². The molecule has 2 atom stereocenters. The van der Waals surface area contributed by atoms with Crippen LogP contribution < -0.4 is 5.32 Å². The lowest BCUT2D eigenvalue weighted by Gasteiger charge is -2.15. The van der Waals surface area contributed by atoms with Gasteiger partial charge in [0.2, 0.25) is 5.16 Å². The third-order valence-corrected chi connectivity index (χ3v) is 3.55. The number of hydrogen-bond acceptors (Lipinski definition) is 8. The van der Waals surface area contributed by atoms with Crippen LogP contribution in [0.15, 0.2) is 5.16 Å². The third kappa shape index (κ3) is 6.62. The zero-order valence-electron chi connectivity index (χ0n) is 12.2. The maximum Gasteiger partial charge on any atom is 0.209 e. The van der Waals surface area contributed by atoms with Crippen LogP contribution >= 0.6 is 11.8 Å². The minimum atomic E-state index is -0.561. The summed E-state index contributed by atoms with van der Waals surface area (Å²) in [5, 5.41) is 25.1. The lowest BCUT2D eigenvalue weighted by atomic mass is 10.4. The SMILES string of the molecule is CNCCn1nnnc1SCC(O)COC(C)COC. The van der Waals surface area contributed by atoms with Gasteiger partial charge in [0.25, 0.3) is 0 Å². The quantitative estimate of drug-likeness (QED) is 0.523. The molecule has 0 bridgehead atoms. The highest BCUT2D eigenvalue weighted by atomic mass is 32.2. The summed E-state index contributed by atoms with van der Waals surface area (Å²) in [6, 6.07) is 0. The normalized spacial score (nSPS) is 14.4. The predicted octanol–water partition coefficient (Wildman–Crippen LogP) is -0.603. The topological polar surface area (TPSA) is 94.3 Å². The first-order valence-corrected chi connectivity index (χ1v) is 7.48. The fourth-order valence-corrected chi connectivity index (χ4v) is 2.24. The lowest BCUT2D eigenvalue weighted by Crippen LogP contribution is -2.24. The van der Waals surface area contributed by atoms with Crippen LogP contribution in [0.25, 0.3) is 0 Å². The molecule has 1 aromatic heterocycles. The fourth-order valence-electron chi connectivity index (χ4n) is 1.43. The number of nitrogens with zero attached hydrogens (tertiary/aromatic N) is 4. The van der Waals surface area contributed by atoms with Crippen LogP contribution in [0, 0.1) is 0 Å². The second kappa shape index (κ2) is 10.1. The number of aromatic nitrogens is 4. The zero-order valence-corrected chi connectivity index (χ0v) is 13.0. The Balaban J connectivity index is 2.26. The third-order valence-electron chi connectivity index (χ3n) is 2.45. The smallest absolute Gasteiger partial charge is 0.209 e. The van der Waals surface area contributed by atoms with Crippen molar-refractivity contribution in [1.82, 2.24) is 25.5 Å². The van der Waals surface area contributed by atoms with Gasteiger partial charge in [0.1, 0.15) is 0 Å². The number of nitrogens with one attached hydrogen (secondary N) is 1. The molecular weight excluding hydrogens is 282 g/mol. The molecule has 1 aromatic rings. The van der Waals surface area contributed by atoms with E-state index in [2.05, 4.69) is 20.8 Å². The van der Waals surface area contributed by atoms with Crippen molar-refractivity contribution in [3.8, 4) is 0 Å². The van der Waals surface area contributed by atoms with Gasteiger partial charge in [-0.3, -0.25) is 0 Å². The Morgan fingerprint density at radius 2 is 2.25 bits per heavy atom. The van der Waals surface area contributed by atoms with E-state index in [4.69, 9.17) is 9.47 Å². The molecule has 0 fully saturated rings. The van der Waals surface area contributed by atoms with Crippen molar-refractivity contribution in [1.29, 1.82) is 0 Å². The van der Waals surface area contributed by atoms with E-state index in [1.54, 1.807) is 11.8 Å². The number of ether oxygens (including phenoxy) is 2. The van der Waals surface area contributed by atoms with Gasteiger partial charge in [0, 0.05) is 19.4 Å². The highest BCUT2D eigenvalue weighted by Crippen LogP contribution is 2.14. The van der Waals surface area contributed by atoms with Crippen molar-refractivity contribution >= 4 is 11.8 Å². The number of rotatable bonds is 11. The van der Waals surface area contributed by atoms with E-state index in [1.165, 1.54) is 11.8 Å². The van der Waals surface area contributed by atoms with E-state index in [9.17, 15) is 5.11 Å². The first kappa shape index (κ1) is 17.3. The van der Waals surface area contributed by atoms with Crippen molar-refractivity contribution in [2.75, 3.05) is 39.7 Å². The molecule has 8 nitrogen and oxygen atoms in total. The largest absolute Gasteiger partial charge is 0.390 e. The van der Waals surface area contributed by atoms with Crippen molar-refractivity contribution in [3.05, 3.63) is 0 Å².